The molecule has 2 aromatic rings. The maximum atomic E-state index is 13.0. The standard InChI is InChI=1S/C17H20FNO4S/c1-12-10-15(23-3)8-9-16(12)24(21,22)19-11-17(2,20)13-4-6-14(18)7-5-13/h4-10,19-20H,11H2,1-3H3. The third kappa shape index (κ3) is 4.11. The Bertz CT molecular complexity index is 817. The molecule has 0 bridgehead atoms. The van der Waals surface area contributed by atoms with Crippen LogP contribution in [0.4, 0.5) is 4.39 Å². The summed E-state index contributed by atoms with van der Waals surface area (Å²) in [5.41, 5.74) is -0.525. The Labute approximate surface area is 141 Å². The van der Waals surface area contributed by atoms with Gasteiger partial charge in [-0.05, 0) is 55.3 Å². The average Bonchev–Trinajstić information content (AvgIpc) is 2.53. The van der Waals surface area contributed by atoms with Crippen molar-refractivity contribution in [2.24, 2.45) is 0 Å². The van der Waals surface area contributed by atoms with E-state index in [9.17, 15) is 17.9 Å². The highest BCUT2D eigenvalue weighted by Crippen LogP contribution is 2.23. The maximum Gasteiger partial charge on any atom is 0.240 e. The van der Waals surface area contributed by atoms with Crippen LogP contribution in [0.5, 0.6) is 5.75 Å². The first-order chi connectivity index (χ1) is 11.2. The Kier molecular flexibility index (Phi) is 5.27. The van der Waals surface area contributed by atoms with Crippen molar-refractivity contribution >= 4 is 10.0 Å². The second-order valence-corrected chi connectivity index (χ2v) is 7.47. The second-order valence-electron chi connectivity index (χ2n) is 5.74. The number of aryl methyl sites for hydroxylation is 1. The third-order valence-electron chi connectivity index (χ3n) is 3.74. The van der Waals surface area contributed by atoms with Crippen LogP contribution in [0.3, 0.4) is 0 Å². The quantitative estimate of drug-likeness (QED) is 0.836. The van der Waals surface area contributed by atoms with Crippen molar-refractivity contribution in [1.29, 1.82) is 0 Å². The van der Waals surface area contributed by atoms with Gasteiger partial charge in [-0.2, -0.15) is 0 Å². The van der Waals surface area contributed by atoms with Gasteiger partial charge < -0.3 is 9.84 Å². The highest BCUT2D eigenvalue weighted by molar-refractivity contribution is 7.89. The Balaban J connectivity index is 2.19. The summed E-state index contributed by atoms with van der Waals surface area (Å²) in [4.78, 5) is 0.109. The van der Waals surface area contributed by atoms with E-state index in [-0.39, 0.29) is 11.4 Å². The van der Waals surface area contributed by atoms with Crippen LogP contribution in [0.25, 0.3) is 0 Å². The van der Waals surface area contributed by atoms with E-state index in [1.165, 1.54) is 44.4 Å². The van der Waals surface area contributed by atoms with E-state index in [1.54, 1.807) is 19.1 Å². The summed E-state index contributed by atoms with van der Waals surface area (Å²) in [6, 6.07) is 9.89. The maximum absolute atomic E-state index is 13.0. The van der Waals surface area contributed by atoms with Gasteiger partial charge in [0, 0.05) is 6.54 Å². The zero-order chi connectivity index (χ0) is 18.0. The number of rotatable bonds is 6. The fourth-order valence-electron chi connectivity index (χ4n) is 2.27. The number of halogens is 1. The van der Waals surface area contributed by atoms with Crippen molar-refractivity contribution in [3.8, 4) is 5.75 Å². The van der Waals surface area contributed by atoms with Gasteiger partial charge in [-0.25, -0.2) is 17.5 Å². The number of ether oxygens (including phenoxy) is 1. The van der Waals surface area contributed by atoms with Gasteiger partial charge in [0.25, 0.3) is 0 Å². The number of hydrogen-bond donors (Lipinski definition) is 2. The minimum absolute atomic E-state index is 0.109. The number of benzene rings is 2. The second kappa shape index (κ2) is 6.88. The van der Waals surface area contributed by atoms with Gasteiger partial charge in [-0.3, -0.25) is 0 Å². The molecule has 0 aliphatic rings. The molecule has 0 aliphatic carbocycles. The largest absolute Gasteiger partial charge is 0.497 e. The summed E-state index contributed by atoms with van der Waals surface area (Å²) in [6.07, 6.45) is 0. The Morgan fingerprint density at radius 3 is 2.38 bits per heavy atom. The minimum atomic E-state index is -3.80. The lowest BCUT2D eigenvalue weighted by Gasteiger charge is -2.24. The van der Waals surface area contributed by atoms with Gasteiger partial charge in [0.05, 0.1) is 12.0 Å². The van der Waals surface area contributed by atoms with Crippen LogP contribution in [-0.4, -0.2) is 27.2 Å². The molecule has 7 heteroatoms. The first-order valence-electron chi connectivity index (χ1n) is 7.28. The highest BCUT2D eigenvalue weighted by Gasteiger charge is 2.27. The number of hydrogen-bond acceptors (Lipinski definition) is 4. The van der Waals surface area contributed by atoms with Crippen LogP contribution in [0.1, 0.15) is 18.1 Å². The Hall–Kier alpha value is -1.96. The van der Waals surface area contributed by atoms with Crippen molar-refractivity contribution in [3.63, 3.8) is 0 Å². The van der Waals surface area contributed by atoms with Crippen molar-refractivity contribution in [2.75, 3.05) is 13.7 Å². The van der Waals surface area contributed by atoms with E-state index < -0.39 is 21.4 Å². The molecule has 2 aromatic carbocycles. The summed E-state index contributed by atoms with van der Waals surface area (Å²) in [5, 5.41) is 10.5. The van der Waals surface area contributed by atoms with Crippen LogP contribution in [-0.2, 0) is 15.6 Å². The predicted molar refractivity (Wildman–Crippen MR) is 88.9 cm³/mol. The summed E-state index contributed by atoms with van der Waals surface area (Å²) >= 11 is 0. The van der Waals surface area contributed by atoms with Gasteiger partial charge in [-0.15, -0.1) is 0 Å². The van der Waals surface area contributed by atoms with Gasteiger partial charge in [0.15, 0.2) is 0 Å². The molecule has 1 atom stereocenters. The molecule has 24 heavy (non-hydrogen) atoms. The van der Waals surface area contributed by atoms with Gasteiger partial charge >= 0.3 is 0 Å². The number of nitrogens with one attached hydrogen (secondary N) is 1. The molecule has 0 saturated carbocycles. The van der Waals surface area contributed by atoms with Gasteiger partial charge in [-0.1, -0.05) is 12.1 Å². The Morgan fingerprint density at radius 2 is 1.83 bits per heavy atom. The highest BCUT2D eigenvalue weighted by atomic mass is 32.2. The van der Waals surface area contributed by atoms with E-state index in [4.69, 9.17) is 4.74 Å². The van der Waals surface area contributed by atoms with Crippen LogP contribution in [0, 0.1) is 12.7 Å². The predicted octanol–water partition coefficient (Wildman–Crippen LogP) is 2.33. The molecule has 0 fully saturated rings. The normalized spacial score (nSPS) is 14.2. The molecule has 0 aromatic heterocycles. The number of methoxy groups -OCH3 is 1. The van der Waals surface area contributed by atoms with Crippen LogP contribution in [0.2, 0.25) is 0 Å². The van der Waals surface area contributed by atoms with Crippen LogP contribution in [0.15, 0.2) is 47.4 Å². The fraction of sp³-hybridized carbons (Fsp3) is 0.294. The van der Waals surface area contributed by atoms with E-state index in [2.05, 4.69) is 4.72 Å². The summed E-state index contributed by atoms with van der Waals surface area (Å²) < 4.78 is 45.4. The molecular weight excluding hydrogens is 333 g/mol. The zero-order valence-corrected chi connectivity index (χ0v) is 14.5. The lowest BCUT2D eigenvalue weighted by atomic mass is 9.96. The van der Waals surface area contributed by atoms with E-state index in [0.29, 0.717) is 16.9 Å². The van der Waals surface area contributed by atoms with Gasteiger partial charge in [0.2, 0.25) is 10.0 Å². The molecule has 0 amide bonds. The van der Waals surface area contributed by atoms with Crippen molar-refractivity contribution < 1.29 is 22.7 Å². The molecular formula is C17H20FNO4S. The molecule has 0 heterocycles. The summed E-state index contributed by atoms with van der Waals surface area (Å²) in [6.45, 7) is 2.88. The number of aliphatic hydroxyl groups is 1. The Morgan fingerprint density at radius 1 is 1.21 bits per heavy atom. The van der Waals surface area contributed by atoms with Crippen LogP contribution >= 0.6 is 0 Å². The van der Waals surface area contributed by atoms with Crippen LogP contribution < -0.4 is 9.46 Å². The fourth-order valence-corrected chi connectivity index (χ4v) is 3.63. The zero-order valence-electron chi connectivity index (χ0n) is 13.7. The topological polar surface area (TPSA) is 75.6 Å². The number of sulfonamides is 1. The smallest absolute Gasteiger partial charge is 0.240 e. The molecule has 2 rings (SSSR count). The molecule has 0 aliphatic heterocycles. The monoisotopic (exact) mass is 353 g/mol. The first-order valence-corrected chi connectivity index (χ1v) is 8.77. The molecule has 2 N–H and O–H groups in total. The van der Waals surface area contributed by atoms with Gasteiger partial charge in [0.1, 0.15) is 17.2 Å². The SMILES string of the molecule is COc1ccc(S(=O)(=O)NCC(C)(O)c2ccc(F)cc2)c(C)c1. The van der Waals surface area contributed by atoms with E-state index in [1.807, 2.05) is 0 Å². The van der Waals surface area contributed by atoms with Crippen molar-refractivity contribution in [2.45, 2.75) is 24.3 Å². The first kappa shape index (κ1) is 18.4. The van der Waals surface area contributed by atoms with E-state index in [0.717, 1.165) is 0 Å². The van der Waals surface area contributed by atoms with Crippen molar-refractivity contribution in [1.82, 2.24) is 4.72 Å². The molecule has 0 radical (unpaired) electrons. The molecule has 1 unspecified atom stereocenters. The lowest BCUT2D eigenvalue weighted by Crippen LogP contribution is -2.38. The average molecular weight is 353 g/mol. The molecule has 5 nitrogen and oxygen atoms in total. The van der Waals surface area contributed by atoms with Crippen molar-refractivity contribution in [3.05, 3.63) is 59.4 Å². The molecule has 0 spiro atoms. The molecule has 130 valence electrons. The third-order valence-corrected chi connectivity index (χ3v) is 5.31. The minimum Gasteiger partial charge on any atom is -0.497 e. The lowest BCUT2D eigenvalue weighted by molar-refractivity contribution is 0.0627. The summed E-state index contributed by atoms with van der Waals surface area (Å²) in [7, 11) is -2.30. The molecule has 0 saturated heterocycles. The van der Waals surface area contributed by atoms with E-state index >= 15 is 0 Å². The summed E-state index contributed by atoms with van der Waals surface area (Å²) in [5.74, 6) is 0.133.